The summed E-state index contributed by atoms with van der Waals surface area (Å²) in [5.41, 5.74) is 0. The summed E-state index contributed by atoms with van der Waals surface area (Å²) in [5, 5.41) is 0. The Morgan fingerprint density at radius 1 is 0.466 bits per heavy atom. The molecular formula is C48H91NO9. The average molecular weight is 826 g/mol. The van der Waals surface area contributed by atoms with Gasteiger partial charge in [0.1, 0.15) is 19.8 Å². The summed E-state index contributed by atoms with van der Waals surface area (Å²) in [6, 6.07) is 0. The van der Waals surface area contributed by atoms with E-state index in [0.717, 1.165) is 83.8 Å². The molecule has 0 amide bonds. The molecule has 10 heteroatoms. The van der Waals surface area contributed by atoms with Crippen molar-refractivity contribution >= 4 is 18.1 Å². The molecule has 0 radical (unpaired) electrons. The summed E-state index contributed by atoms with van der Waals surface area (Å²) in [4.78, 5) is 40.1. The predicted molar refractivity (Wildman–Crippen MR) is 237 cm³/mol. The number of unbranched alkanes of at least 4 members (excludes halogenated alkanes) is 19. The third-order valence-corrected chi connectivity index (χ3v) is 10.5. The Hall–Kier alpha value is -2.17. The highest BCUT2D eigenvalue weighted by Gasteiger charge is 2.20. The van der Waals surface area contributed by atoms with Crippen molar-refractivity contribution in [3.8, 4) is 0 Å². The van der Waals surface area contributed by atoms with E-state index < -0.39 is 24.3 Å². The van der Waals surface area contributed by atoms with Crippen LogP contribution in [-0.4, -0.2) is 88.6 Å². The Bertz CT molecular complexity index is 942. The first-order valence-corrected chi connectivity index (χ1v) is 24.1. The van der Waals surface area contributed by atoms with Crippen molar-refractivity contribution in [3.05, 3.63) is 12.2 Å². The highest BCUT2D eigenvalue weighted by Crippen LogP contribution is 2.14. The predicted octanol–water partition coefficient (Wildman–Crippen LogP) is 12.7. The molecule has 342 valence electrons. The van der Waals surface area contributed by atoms with Gasteiger partial charge in [-0.1, -0.05) is 150 Å². The number of rotatable bonds is 44. The largest absolute Gasteiger partial charge is 0.508 e. The maximum absolute atomic E-state index is 12.9. The van der Waals surface area contributed by atoms with Gasteiger partial charge in [0, 0.05) is 32.6 Å². The SMILES string of the molecule is CCCCCCCC/C=C\CCCCCCCC(=O)OCC(COC(=O)CCC(OCCCCCC)OCCCCCCCC)COC(=O)OCCCN(CC)CC. The molecular weight excluding hydrogens is 735 g/mol. The van der Waals surface area contributed by atoms with E-state index in [1.807, 2.05) is 0 Å². The number of hydrogen-bond acceptors (Lipinski definition) is 10. The number of ether oxygens (including phenoxy) is 6. The normalized spacial score (nSPS) is 12.6. The fraction of sp³-hybridized carbons (Fsp3) is 0.896. The quantitative estimate of drug-likeness (QED) is 0.0194. The van der Waals surface area contributed by atoms with E-state index in [0.29, 0.717) is 32.5 Å². The summed E-state index contributed by atoms with van der Waals surface area (Å²) < 4.78 is 33.9. The molecule has 58 heavy (non-hydrogen) atoms. The van der Waals surface area contributed by atoms with Crippen LogP contribution in [0.3, 0.4) is 0 Å². The Kier molecular flexibility index (Phi) is 42.7. The molecule has 2 unspecified atom stereocenters. The molecule has 0 aliphatic rings. The Labute approximate surface area is 356 Å². The molecule has 0 fully saturated rings. The maximum atomic E-state index is 12.9. The maximum Gasteiger partial charge on any atom is 0.508 e. The van der Waals surface area contributed by atoms with E-state index in [1.165, 1.54) is 83.5 Å². The van der Waals surface area contributed by atoms with Crippen molar-refractivity contribution in [1.82, 2.24) is 4.90 Å². The van der Waals surface area contributed by atoms with Crippen LogP contribution < -0.4 is 0 Å². The number of nitrogens with zero attached hydrogens (tertiary/aromatic N) is 1. The highest BCUT2D eigenvalue weighted by atomic mass is 16.7. The molecule has 0 spiro atoms. The van der Waals surface area contributed by atoms with Gasteiger partial charge in [-0.2, -0.15) is 0 Å². The van der Waals surface area contributed by atoms with Crippen LogP contribution >= 0.6 is 0 Å². The smallest absolute Gasteiger partial charge is 0.465 e. The minimum atomic E-state index is -0.781. The lowest BCUT2D eigenvalue weighted by Crippen LogP contribution is -2.28. The van der Waals surface area contributed by atoms with Gasteiger partial charge in [-0.15, -0.1) is 0 Å². The van der Waals surface area contributed by atoms with Crippen LogP contribution in [0.5, 0.6) is 0 Å². The van der Waals surface area contributed by atoms with E-state index in [-0.39, 0.29) is 38.8 Å². The van der Waals surface area contributed by atoms with E-state index in [4.69, 9.17) is 28.4 Å². The van der Waals surface area contributed by atoms with Gasteiger partial charge >= 0.3 is 18.1 Å². The minimum absolute atomic E-state index is 0.0166. The van der Waals surface area contributed by atoms with E-state index >= 15 is 0 Å². The van der Waals surface area contributed by atoms with Crippen molar-refractivity contribution in [3.63, 3.8) is 0 Å². The fourth-order valence-electron chi connectivity index (χ4n) is 6.55. The number of esters is 2. The van der Waals surface area contributed by atoms with Gasteiger partial charge in [0.05, 0.1) is 18.9 Å². The molecule has 0 N–H and O–H groups in total. The Morgan fingerprint density at radius 3 is 1.45 bits per heavy atom. The fourth-order valence-corrected chi connectivity index (χ4v) is 6.55. The van der Waals surface area contributed by atoms with Crippen molar-refractivity contribution in [2.45, 2.75) is 214 Å². The Morgan fingerprint density at radius 2 is 0.914 bits per heavy atom. The molecule has 0 bridgehead atoms. The van der Waals surface area contributed by atoms with E-state index in [9.17, 15) is 14.4 Å². The van der Waals surface area contributed by atoms with Crippen molar-refractivity contribution in [2.24, 2.45) is 5.92 Å². The number of carbonyl (C=O) groups is 3. The molecule has 0 rings (SSSR count). The molecule has 0 saturated heterocycles. The zero-order chi connectivity index (χ0) is 42.6. The molecule has 0 aliphatic heterocycles. The molecule has 0 saturated carbocycles. The zero-order valence-corrected chi connectivity index (χ0v) is 38.4. The lowest BCUT2D eigenvalue weighted by Gasteiger charge is -2.20. The lowest BCUT2D eigenvalue weighted by atomic mass is 10.1. The van der Waals surface area contributed by atoms with Crippen molar-refractivity contribution in [2.75, 3.05) is 59.3 Å². The highest BCUT2D eigenvalue weighted by molar-refractivity contribution is 5.69. The molecule has 0 aromatic carbocycles. The minimum Gasteiger partial charge on any atom is -0.465 e. The third kappa shape index (κ3) is 39.3. The van der Waals surface area contributed by atoms with Crippen LogP contribution in [0.25, 0.3) is 0 Å². The second-order valence-electron chi connectivity index (χ2n) is 15.9. The van der Waals surface area contributed by atoms with E-state index in [2.05, 4.69) is 51.7 Å². The first-order chi connectivity index (χ1) is 28.4. The van der Waals surface area contributed by atoms with Gasteiger partial charge in [-0.3, -0.25) is 9.59 Å². The van der Waals surface area contributed by atoms with Gasteiger partial charge in [-0.05, 0) is 64.5 Å². The number of carbonyl (C=O) groups excluding carboxylic acids is 3. The summed E-state index contributed by atoms with van der Waals surface area (Å²) >= 11 is 0. The van der Waals surface area contributed by atoms with Crippen molar-refractivity contribution < 1.29 is 42.8 Å². The summed E-state index contributed by atoms with van der Waals surface area (Å²) in [6.45, 7) is 14.9. The van der Waals surface area contributed by atoms with Crippen LogP contribution in [0.15, 0.2) is 12.2 Å². The first kappa shape index (κ1) is 55.8. The van der Waals surface area contributed by atoms with Crippen LogP contribution in [0.2, 0.25) is 0 Å². The second kappa shape index (κ2) is 44.4. The summed E-state index contributed by atoms with van der Waals surface area (Å²) in [5.74, 6) is -1.21. The second-order valence-corrected chi connectivity index (χ2v) is 15.9. The van der Waals surface area contributed by atoms with Gasteiger partial charge < -0.3 is 33.3 Å². The molecule has 0 aromatic rings. The molecule has 2 atom stereocenters. The molecule has 0 aromatic heterocycles. The third-order valence-electron chi connectivity index (χ3n) is 10.5. The van der Waals surface area contributed by atoms with Gasteiger partial charge in [0.15, 0.2) is 6.29 Å². The molecule has 10 nitrogen and oxygen atoms in total. The van der Waals surface area contributed by atoms with Crippen molar-refractivity contribution in [1.29, 1.82) is 0 Å². The zero-order valence-electron chi connectivity index (χ0n) is 38.4. The van der Waals surface area contributed by atoms with Crippen LogP contribution in [-0.2, 0) is 38.0 Å². The van der Waals surface area contributed by atoms with Gasteiger partial charge in [-0.25, -0.2) is 4.79 Å². The van der Waals surface area contributed by atoms with Crippen LogP contribution in [0.4, 0.5) is 4.79 Å². The number of hydrogen-bond donors (Lipinski definition) is 0. The van der Waals surface area contributed by atoms with Crippen LogP contribution in [0, 0.1) is 5.92 Å². The molecule has 0 aliphatic carbocycles. The van der Waals surface area contributed by atoms with Gasteiger partial charge in [0.25, 0.3) is 0 Å². The topological polar surface area (TPSA) is 110 Å². The Balaban J connectivity index is 4.76. The van der Waals surface area contributed by atoms with Crippen LogP contribution in [0.1, 0.15) is 208 Å². The number of allylic oxidation sites excluding steroid dienone is 2. The van der Waals surface area contributed by atoms with E-state index in [1.54, 1.807) is 0 Å². The van der Waals surface area contributed by atoms with Gasteiger partial charge in [0.2, 0.25) is 0 Å². The standard InChI is InChI=1S/C48H91NO9/c1-6-11-14-17-19-20-21-22-23-24-25-26-27-28-30-34-45(50)56-41-44(43-58-48(52)55-40-33-37-49(9-4)10-5)42-57-46(51)35-36-47(53-38-31-16-13-8-3)54-39-32-29-18-15-12-7-2/h22-23,44,47H,6-21,24-43H2,1-5H3/b23-22-. The molecule has 0 heterocycles. The first-order valence-electron chi connectivity index (χ1n) is 24.1. The average Bonchev–Trinajstić information content (AvgIpc) is 3.23. The summed E-state index contributed by atoms with van der Waals surface area (Å²) in [6.07, 6.45) is 31.9. The lowest BCUT2D eigenvalue weighted by molar-refractivity contribution is -0.161. The monoisotopic (exact) mass is 826 g/mol. The summed E-state index contributed by atoms with van der Waals surface area (Å²) in [7, 11) is 0.